The summed E-state index contributed by atoms with van der Waals surface area (Å²) in [5, 5.41) is 21.0. The Bertz CT molecular complexity index is 514. The zero-order valence-corrected chi connectivity index (χ0v) is 12.0. The third-order valence-corrected chi connectivity index (χ3v) is 2.70. The van der Waals surface area contributed by atoms with E-state index in [-0.39, 0.29) is 16.9 Å². The number of hydrogen-bond acceptors (Lipinski definition) is 4. The van der Waals surface area contributed by atoms with Crippen LogP contribution in [0.4, 0.5) is 5.69 Å². The Kier molecular flexibility index (Phi) is 4.19. The molecule has 0 atom stereocenters. The summed E-state index contributed by atoms with van der Waals surface area (Å²) < 4.78 is 0. The molecule has 0 fully saturated rings. The number of nitro benzene ring substituents is 1. The minimum absolute atomic E-state index is 0.0406. The van der Waals surface area contributed by atoms with Crippen LogP contribution < -0.4 is 0 Å². The predicted molar refractivity (Wildman–Crippen MR) is 76.2 cm³/mol. The third-order valence-electron chi connectivity index (χ3n) is 2.70. The van der Waals surface area contributed by atoms with Crippen molar-refractivity contribution in [1.29, 1.82) is 0 Å². The summed E-state index contributed by atoms with van der Waals surface area (Å²) >= 11 is 0. The fourth-order valence-corrected chi connectivity index (χ4v) is 1.72. The second-order valence-corrected chi connectivity index (χ2v) is 5.71. The van der Waals surface area contributed by atoms with Crippen LogP contribution in [-0.4, -0.2) is 29.0 Å². The highest BCUT2D eigenvalue weighted by Gasteiger charge is 2.23. The molecule has 0 saturated carbocycles. The van der Waals surface area contributed by atoms with Crippen molar-refractivity contribution in [2.24, 2.45) is 0 Å². The first kappa shape index (κ1) is 15.0. The highest BCUT2D eigenvalue weighted by Crippen LogP contribution is 2.36. The summed E-state index contributed by atoms with van der Waals surface area (Å²) in [7, 11) is 3.68. The van der Waals surface area contributed by atoms with Gasteiger partial charge in [-0.15, -0.1) is 0 Å². The molecule has 104 valence electrons. The van der Waals surface area contributed by atoms with E-state index in [0.29, 0.717) is 11.1 Å². The molecule has 0 heterocycles. The molecule has 0 radical (unpaired) electrons. The molecule has 0 bridgehead atoms. The average Bonchev–Trinajstić information content (AvgIpc) is 2.24. The van der Waals surface area contributed by atoms with Crippen LogP contribution in [0.5, 0.6) is 5.75 Å². The van der Waals surface area contributed by atoms with E-state index in [1.807, 2.05) is 34.9 Å². The van der Waals surface area contributed by atoms with E-state index < -0.39 is 4.92 Å². The van der Waals surface area contributed by atoms with Crippen LogP contribution in [0.15, 0.2) is 18.3 Å². The molecular weight excluding hydrogens is 244 g/mol. The Balaban J connectivity index is 3.44. The largest absolute Gasteiger partial charge is 0.507 e. The molecule has 0 aliphatic carbocycles. The third kappa shape index (κ3) is 3.71. The van der Waals surface area contributed by atoms with Gasteiger partial charge in [-0.05, 0) is 23.8 Å². The second-order valence-electron chi connectivity index (χ2n) is 5.71. The average molecular weight is 264 g/mol. The number of hydrogen-bond donors (Lipinski definition) is 1. The fourth-order valence-electron chi connectivity index (χ4n) is 1.72. The SMILES string of the molecule is CN(C)/C=C/c1cc(C(C)(C)C)c(O)cc1[N+](=O)[O-]. The summed E-state index contributed by atoms with van der Waals surface area (Å²) in [5.74, 6) is -0.0406. The Morgan fingerprint density at radius 2 is 1.89 bits per heavy atom. The van der Waals surface area contributed by atoms with Gasteiger partial charge < -0.3 is 10.0 Å². The van der Waals surface area contributed by atoms with Crippen molar-refractivity contribution in [3.05, 3.63) is 39.6 Å². The molecule has 0 aliphatic heterocycles. The first-order valence-electron chi connectivity index (χ1n) is 5.99. The fraction of sp³-hybridized carbons (Fsp3) is 0.429. The number of phenols is 1. The lowest BCUT2D eigenvalue weighted by Crippen LogP contribution is -2.12. The molecule has 0 spiro atoms. The van der Waals surface area contributed by atoms with Gasteiger partial charge in [-0.3, -0.25) is 10.1 Å². The van der Waals surface area contributed by atoms with Gasteiger partial charge in [0, 0.05) is 19.7 Å². The molecule has 0 unspecified atom stereocenters. The normalized spacial score (nSPS) is 11.8. The van der Waals surface area contributed by atoms with Crippen LogP contribution in [0.3, 0.4) is 0 Å². The van der Waals surface area contributed by atoms with Crippen molar-refractivity contribution in [3.8, 4) is 5.75 Å². The Morgan fingerprint density at radius 3 is 2.32 bits per heavy atom. The van der Waals surface area contributed by atoms with Crippen molar-refractivity contribution in [2.45, 2.75) is 26.2 Å². The number of rotatable bonds is 3. The molecule has 0 saturated heterocycles. The maximum absolute atomic E-state index is 11.0. The maximum Gasteiger partial charge on any atom is 0.280 e. The molecule has 1 aromatic rings. The number of phenolic OH excluding ortho intramolecular Hbond substituents is 1. The van der Waals surface area contributed by atoms with Crippen LogP contribution in [0.2, 0.25) is 0 Å². The highest BCUT2D eigenvalue weighted by molar-refractivity contribution is 5.65. The molecule has 0 amide bonds. The van der Waals surface area contributed by atoms with Gasteiger partial charge in [0.2, 0.25) is 0 Å². The van der Waals surface area contributed by atoms with Gasteiger partial charge in [0.15, 0.2) is 0 Å². The van der Waals surface area contributed by atoms with E-state index in [2.05, 4.69) is 0 Å². The minimum Gasteiger partial charge on any atom is -0.507 e. The molecular formula is C14H20N2O3. The summed E-state index contributed by atoms with van der Waals surface area (Å²) in [4.78, 5) is 12.3. The van der Waals surface area contributed by atoms with Crippen molar-refractivity contribution < 1.29 is 10.0 Å². The topological polar surface area (TPSA) is 66.6 Å². The van der Waals surface area contributed by atoms with Gasteiger partial charge >= 0.3 is 0 Å². The highest BCUT2D eigenvalue weighted by atomic mass is 16.6. The summed E-state index contributed by atoms with van der Waals surface area (Å²) in [5.41, 5.74) is 0.807. The Labute approximate surface area is 113 Å². The molecule has 5 heteroatoms. The zero-order chi connectivity index (χ0) is 14.8. The molecule has 5 nitrogen and oxygen atoms in total. The van der Waals surface area contributed by atoms with Crippen molar-refractivity contribution in [3.63, 3.8) is 0 Å². The van der Waals surface area contributed by atoms with Crippen LogP contribution in [0.1, 0.15) is 31.9 Å². The molecule has 19 heavy (non-hydrogen) atoms. The number of aromatic hydroxyl groups is 1. The van der Waals surface area contributed by atoms with Crippen LogP contribution >= 0.6 is 0 Å². The van der Waals surface area contributed by atoms with Crippen molar-refractivity contribution in [2.75, 3.05) is 14.1 Å². The van der Waals surface area contributed by atoms with Gasteiger partial charge in [0.25, 0.3) is 5.69 Å². The minimum atomic E-state index is -0.485. The van der Waals surface area contributed by atoms with E-state index in [1.54, 1.807) is 23.2 Å². The lowest BCUT2D eigenvalue weighted by molar-refractivity contribution is -0.385. The Hall–Kier alpha value is -2.04. The standard InChI is InChI=1S/C14H20N2O3/c1-14(2,3)11-8-10(6-7-15(4)5)12(16(18)19)9-13(11)17/h6-9,17H,1-5H3/b7-6+. The van der Waals surface area contributed by atoms with Gasteiger partial charge in [-0.2, -0.15) is 0 Å². The van der Waals surface area contributed by atoms with Gasteiger partial charge in [0.05, 0.1) is 16.6 Å². The smallest absolute Gasteiger partial charge is 0.280 e. The van der Waals surface area contributed by atoms with E-state index in [9.17, 15) is 15.2 Å². The second kappa shape index (κ2) is 5.30. The van der Waals surface area contributed by atoms with Crippen LogP contribution in [0, 0.1) is 10.1 Å². The quantitative estimate of drug-likeness (QED) is 0.672. The van der Waals surface area contributed by atoms with E-state index in [4.69, 9.17) is 0 Å². The van der Waals surface area contributed by atoms with Gasteiger partial charge in [-0.1, -0.05) is 20.8 Å². The van der Waals surface area contributed by atoms with Gasteiger partial charge in [-0.25, -0.2) is 0 Å². The first-order valence-corrected chi connectivity index (χ1v) is 5.99. The van der Waals surface area contributed by atoms with E-state index in [0.717, 1.165) is 0 Å². The lowest BCUT2D eigenvalue weighted by atomic mass is 9.85. The van der Waals surface area contributed by atoms with Gasteiger partial charge in [0.1, 0.15) is 5.75 Å². The molecule has 1 aromatic carbocycles. The lowest BCUT2D eigenvalue weighted by Gasteiger charge is -2.21. The molecule has 0 aliphatic rings. The monoisotopic (exact) mass is 264 g/mol. The van der Waals surface area contributed by atoms with Crippen molar-refractivity contribution >= 4 is 11.8 Å². The van der Waals surface area contributed by atoms with Crippen LogP contribution in [-0.2, 0) is 5.41 Å². The Morgan fingerprint density at radius 1 is 1.32 bits per heavy atom. The molecule has 1 N–H and O–H groups in total. The van der Waals surface area contributed by atoms with Crippen LogP contribution in [0.25, 0.3) is 6.08 Å². The zero-order valence-electron chi connectivity index (χ0n) is 12.0. The summed E-state index contributed by atoms with van der Waals surface area (Å²) in [6.45, 7) is 5.86. The summed E-state index contributed by atoms with van der Waals surface area (Å²) in [6, 6.07) is 2.89. The number of benzene rings is 1. The predicted octanol–water partition coefficient (Wildman–Crippen LogP) is 3.13. The molecule has 1 rings (SSSR count). The van der Waals surface area contributed by atoms with Crippen molar-refractivity contribution in [1.82, 2.24) is 4.90 Å². The van der Waals surface area contributed by atoms with E-state index >= 15 is 0 Å². The molecule has 0 aromatic heterocycles. The summed E-state index contributed by atoms with van der Waals surface area (Å²) in [6.07, 6.45) is 3.42. The first-order chi connectivity index (χ1) is 8.62. The van der Waals surface area contributed by atoms with E-state index in [1.165, 1.54) is 6.07 Å². The number of nitro groups is 1. The number of nitrogens with zero attached hydrogens (tertiary/aromatic N) is 2. The maximum atomic E-state index is 11.0.